The number of hydrogen-bond donors (Lipinski definition) is 2. The van der Waals surface area contributed by atoms with Crippen LogP contribution in [0, 0.1) is 6.92 Å². The van der Waals surface area contributed by atoms with Crippen molar-refractivity contribution in [3.05, 3.63) is 53.9 Å². The predicted molar refractivity (Wildman–Crippen MR) is 74.0 cm³/mol. The van der Waals surface area contributed by atoms with Gasteiger partial charge in [0.15, 0.2) is 5.69 Å². The summed E-state index contributed by atoms with van der Waals surface area (Å²) >= 11 is 0. The number of aromatic nitrogens is 2. The number of nitrogens with zero attached hydrogens (tertiary/aromatic N) is 2. The molecule has 100 valence electrons. The fourth-order valence-corrected chi connectivity index (χ4v) is 2.14. The maximum atomic E-state index is 11.3. The summed E-state index contributed by atoms with van der Waals surface area (Å²) in [6, 6.07) is 10.6. The summed E-state index contributed by atoms with van der Waals surface area (Å²) in [5, 5.41) is 18.8. The first kappa shape index (κ1) is 12.2. The van der Waals surface area contributed by atoms with Gasteiger partial charge in [-0.3, -0.25) is 4.40 Å². The number of carboxylic acid groups (broad SMARTS) is 1. The molecule has 0 aliphatic heterocycles. The van der Waals surface area contributed by atoms with E-state index in [0.717, 1.165) is 11.1 Å². The molecule has 0 radical (unpaired) electrons. The maximum Gasteiger partial charge on any atom is 0.356 e. The van der Waals surface area contributed by atoms with E-state index in [1.54, 1.807) is 10.5 Å². The number of carbonyl (C=O) groups is 1. The lowest BCUT2D eigenvalue weighted by Gasteiger charge is -2.02. The van der Waals surface area contributed by atoms with E-state index >= 15 is 0 Å². The molecule has 0 saturated heterocycles. The van der Waals surface area contributed by atoms with Crippen molar-refractivity contribution in [3.8, 4) is 17.1 Å². The number of aromatic hydroxyl groups is 1. The second-order valence-corrected chi connectivity index (χ2v) is 4.60. The van der Waals surface area contributed by atoms with Gasteiger partial charge in [-0.15, -0.1) is 0 Å². The number of aryl methyl sites for hydroxylation is 1. The van der Waals surface area contributed by atoms with Crippen LogP contribution in [0.1, 0.15) is 16.1 Å². The van der Waals surface area contributed by atoms with E-state index in [1.165, 1.54) is 12.3 Å². The zero-order chi connectivity index (χ0) is 14.3. The van der Waals surface area contributed by atoms with Gasteiger partial charge in [-0.05, 0) is 19.1 Å². The Kier molecular flexibility index (Phi) is 2.68. The fourth-order valence-electron chi connectivity index (χ4n) is 2.14. The standard InChI is InChI=1S/C15H12N2O3/c1-9-2-4-10(5-3-9)14-16-13(15(19)20)12-7-6-11(18)8-17(12)14/h2-8,18H,1H3,(H,19,20). The molecule has 0 spiro atoms. The van der Waals surface area contributed by atoms with Crippen LogP contribution in [0.15, 0.2) is 42.6 Å². The Morgan fingerprint density at radius 3 is 2.50 bits per heavy atom. The van der Waals surface area contributed by atoms with E-state index in [-0.39, 0.29) is 11.4 Å². The first-order valence-electron chi connectivity index (χ1n) is 6.07. The van der Waals surface area contributed by atoms with Crippen LogP contribution in [0.3, 0.4) is 0 Å². The highest BCUT2D eigenvalue weighted by atomic mass is 16.4. The van der Waals surface area contributed by atoms with Crippen LogP contribution in [0.2, 0.25) is 0 Å². The van der Waals surface area contributed by atoms with Crippen molar-refractivity contribution in [3.63, 3.8) is 0 Å². The van der Waals surface area contributed by atoms with Crippen molar-refractivity contribution < 1.29 is 15.0 Å². The Labute approximate surface area is 114 Å². The quantitative estimate of drug-likeness (QED) is 0.749. The van der Waals surface area contributed by atoms with Gasteiger partial charge in [-0.1, -0.05) is 29.8 Å². The van der Waals surface area contributed by atoms with Crippen LogP contribution in [0.4, 0.5) is 0 Å². The first-order chi connectivity index (χ1) is 9.56. The fraction of sp³-hybridized carbons (Fsp3) is 0.0667. The summed E-state index contributed by atoms with van der Waals surface area (Å²) in [6.45, 7) is 1.97. The number of benzene rings is 1. The first-order valence-corrected chi connectivity index (χ1v) is 6.07. The lowest BCUT2D eigenvalue weighted by Crippen LogP contribution is -1.97. The normalized spacial score (nSPS) is 10.8. The Bertz CT molecular complexity index is 804. The van der Waals surface area contributed by atoms with Crippen molar-refractivity contribution in [2.24, 2.45) is 0 Å². The van der Waals surface area contributed by atoms with Crippen LogP contribution in [-0.2, 0) is 0 Å². The van der Waals surface area contributed by atoms with Crippen molar-refractivity contribution >= 4 is 11.5 Å². The van der Waals surface area contributed by atoms with E-state index in [9.17, 15) is 15.0 Å². The molecule has 2 aromatic heterocycles. The number of aromatic carboxylic acids is 1. The van der Waals surface area contributed by atoms with Gasteiger partial charge in [-0.25, -0.2) is 9.78 Å². The highest BCUT2D eigenvalue weighted by Crippen LogP contribution is 2.25. The second-order valence-electron chi connectivity index (χ2n) is 4.60. The van der Waals surface area contributed by atoms with Crippen molar-refractivity contribution in [1.29, 1.82) is 0 Å². The zero-order valence-corrected chi connectivity index (χ0v) is 10.7. The lowest BCUT2D eigenvalue weighted by molar-refractivity contribution is 0.0693. The van der Waals surface area contributed by atoms with E-state index in [1.807, 2.05) is 31.2 Å². The molecule has 3 aromatic rings. The van der Waals surface area contributed by atoms with Crippen LogP contribution in [0.5, 0.6) is 5.75 Å². The summed E-state index contributed by atoms with van der Waals surface area (Å²) in [5.74, 6) is -0.542. The van der Waals surface area contributed by atoms with E-state index in [0.29, 0.717) is 11.3 Å². The summed E-state index contributed by atoms with van der Waals surface area (Å²) in [6.07, 6.45) is 1.46. The smallest absolute Gasteiger partial charge is 0.356 e. The molecule has 0 fully saturated rings. The van der Waals surface area contributed by atoms with E-state index in [2.05, 4.69) is 4.98 Å². The summed E-state index contributed by atoms with van der Waals surface area (Å²) in [5.41, 5.74) is 2.33. The topological polar surface area (TPSA) is 74.8 Å². The highest BCUT2D eigenvalue weighted by Gasteiger charge is 2.17. The van der Waals surface area contributed by atoms with Gasteiger partial charge >= 0.3 is 5.97 Å². The number of carboxylic acids is 1. The van der Waals surface area contributed by atoms with Crippen molar-refractivity contribution in [2.45, 2.75) is 6.92 Å². The van der Waals surface area contributed by atoms with E-state index in [4.69, 9.17) is 0 Å². The zero-order valence-electron chi connectivity index (χ0n) is 10.7. The number of imidazole rings is 1. The third kappa shape index (κ3) is 1.89. The number of hydrogen-bond acceptors (Lipinski definition) is 3. The minimum absolute atomic E-state index is 0.0272. The highest BCUT2D eigenvalue weighted by molar-refractivity contribution is 5.95. The molecule has 5 nitrogen and oxygen atoms in total. The molecule has 5 heteroatoms. The molecule has 0 atom stereocenters. The van der Waals surface area contributed by atoms with Gasteiger partial charge in [0.25, 0.3) is 0 Å². The largest absolute Gasteiger partial charge is 0.506 e. The van der Waals surface area contributed by atoms with Gasteiger partial charge in [0.1, 0.15) is 11.6 Å². The molecule has 0 amide bonds. The molecule has 0 bridgehead atoms. The lowest BCUT2D eigenvalue weighted by atomic mass is 10.1. The second kappa shape index (κ2) is 4.38. The Morgan fingerprint density at radius 1 is 1.15 bits per heavy atom. The molecule has 0 aliphatic carbocycles. The summed E-state index contributed by atoms with van der Waals surface area (Å²) in [7, 11) is 0. The van der Waals surface area contributed by atoms with Gasteiger partial charge < -0.3 is 10.2 Å². The number of fused-ring (bicyclic) bond motifs is 1. The minimum atomic E-state index is -1.09. The Morgan fingerprint density at radius 2 is 1.85 bits per heavy atom. The molecule has 0 aliphatic rings. The number of pyridine rings is 1. The molecule has 0 saturated carbocycles. The van der Waals surface area contributed by atoms with Crippen molar-refractivity contribution in [1.82, 2.24) is 9.38 Å². The molecule has 3 rings (SSSR count). The molecule has 0 unspecified atom stereocenters. The van der Waals surface area contributed by atoms with E-state index < -0.39 is 5.97 Å². The van der Waals surface area contributed by atoms with Crippen LogP contribution < -0.4 is 0 Å². The van der Waals surface area contributed by atoms with Gasteiger partial charge in [0.2, 0.25) is 0 Å². The van der Waals surface area contributed by atoms with Crippen LogP contribution in [-0.4, -0.2) is 25.6 Å². The predicted octanol–water partition coefficient (Wildman–Crippen LogP) is 2.71. The third-order valence-electron chi connectivity index (χ3n) is 3.13. The number of rotatable bonds is 2. The summed E-state index contributed by atoms with van der Waals surface area (Å²) in [4.78, 5) is 15.4. The average molecular weight is 268 g/mol. The Balaban J connectivity index is 2.32. The SMILES string of the molecule is Cc1ccc(-c2nc(C(=O)O)c3ccc(O)cn23)cc1. The molecular weight excluding hydrogens is 256 g/mol. The third-order valence-corrected chi connectivity index (χ3v) is 3.13. The van der Waals surface area contributed by atoms with Gasteiger partial charge in [0, 0.05) is 5.56 Å². The van der Waals surface area contributed by atoms with Gasteiger partial charge in [0.05, 0.1) is 11.7 Å². The molecule has 2 N–H and O–H groups in total. The molecule has 20 heavy (non-hydrogen) atoms. The molecule has 2 heterocycles. The maximum absolute atomic E-state index is 11.3. The summed E-state index contributed by atoms with van der Waals surface area (Å²) < 4.78 is 1.59. The van der Waals surface area contributed by atoms with Crippen molar-refractivity contribution in [2.75, 3.05) is 0 Å². The monoisotopic (exact) mass is 268 g/mol. The molecular formula is C15H12N2O3. The van der Waals surface area contributed by atoms with Crippen LogP contribution >= 0.6 is 0 Å². The van der Waals surface area contributed by atoms with Gasteiger partial charge in [-0.2, -0.15) is 0 Å². The van der Waals surface area contributed by atoms with Crippen LogP contribution in [0.25, 0.3) is 16.9 Å². The minimum Gasteiger partial charge on any atom is -0.506 e. The Hall–Kier alpha value is -2.82. The average Bonchev–Trinajstić information content (AvgIpc) is 2.78. The molecule has 1 aromatic carbocycles.